The third-order valence-electron chi connectivity index (χ3n) is 1.82. The normalized spacial score (nSPS) is 11.1. The van der Waals surface area contributed by atoms with E-state index in [4.69, 9.17) is 0 Å². The first-order valence-corrected chi connectivity index (χ1v) is 6.59. The van der Waals surface area contributed by atoms with Gasteiger partial charge in [0.25, 0.3) is 6.20 Å². The van der Waals surface area contributed by atoms with Crippen molar-refractivity contribution in [3.05, 3.63) is 37.1 Å². The van der Waals surface area contributed by atoms with Crippen molar-refractivity contribution in [3.8, 4) is 0 Å². The molecule has 0 spiro atoms. The van der Waals surface area contributed by atoms with Crippen molar-refractivity contribution in [2.24, 2.45) is 0 Å². The van der Waals surface area contributed by atoms with Gasteiger partial charge in [-0.1, -0.05) is 0 Å². The summed E-state index contributed by atoms with van der Waals surface area (Å²) in [6.07, 6.45) is 3.87. The Hall–Kier alpha value is -1.48. The van der Waals surface area contributed by atoms with Crippen LogP contribution in [0.1, 0.15) is 4.88 Å². The van der Waals surface area contributed by atoms with Crippen molar-refractivity contribution in [2.45, 2.75) is 6.42 Å². The van der Waals surface area contributed by atoms with E-state index in [1.807, 2.05) is 0 Å². The number of nitro groups is 1. The Morgan fingerprint density at radius 1 is 1.61 bits per heavy atom. The minimum atomic E-state index is -0.580. The number of nitrogens with one attached hydrogen (secondary N) is 2. The molecule has 0 saturated heterocycles. The molecule has 98 valence electrons. The van der Waals surface area contributed by atoms with E-state index in [1.165, 1.54) is 11.3 Å². The molecule has 1 heterocycles. The zero-order valence-electron chi connectivity index (χ0n) is 9.26. The Bertz CT molecular complexity index is 449. The zero-order valence-corrected chi connectivity index (χ0v) is 11.7. The lowest BCUT2D eigenvalue weighted by atomic mass is 10.4. The highest BCUT2D eigenvalue weighted by molar-refractivity contribution is 9.11. The van der Waals surface area contributed by atoms with Crippen LogP contribution in [-0.4, -0.2) is 29.3 Å². The third kappa shape index (κ3) is 5.73. The second-order valence-electron chi connectivity index (χ2n) is 3.13. The summed E-state index contributed by atoms with van der Waals surface area (Å²) < 4.78 is 0.803. The van der Waals surface area contributed by atoms with E-state index in [-0.39, 0.29) is 12.4 Å². The van der Waals surface area contributed by atoms with Gasteiger partial charge in [0.1, 0.15) is 6.29 Å². The predicted octanol–water partition coefficient (Wildman–Crippen LogP) is 0.902. The molecule has 0 aliphatic rings. The summed E-state index contributed by atoms with van der Waals surface area (Å²) in [5, 5.41) is 15.8. The second-order valence-corrected chi connectivity index (χ2v) is 5.52. The number of thiazole rings is 1. The lowest BCUT2D eigenvalue weighted by Gasteiger charge is -2.08. The fourth-order valence-corrected chi connectivity index (χ4v) is 2.49. The van der Waals surface area contributed by atoms with Gasteiger partial charge in [-0.15, -0.1) is 11.3 Å². The Morgan fingerprint density at radius 3 is 2.94 bits per heavy atom. The first-order valence-electron chi connectivity index (χ1n) is 4.98. The summed E-state index contributed by atoms with van der Waals surface area (Å²) in [5.74, 6) is 0.218. The average Bonchev–Trinajstić information content (AvgIpc) is 2.71. The average molecular weight is 335 g/mol. The van der Waals surface area contributed by atoms with Crippen LogP contribution < -0.4 is 10.6 Å². The first-order chi connectivity index (χ1) is 8.61. The number of nitrogens with zero attached hydrogens (tertiary/aromatic N) is 2. The van der Waals surface area contributed by atoms with Gasteiger partial charge in [0.15, 0.2) is 9.74 Å². The monoisotopic (exact) mass is 334 g/mol. The summed E-state index contributed by atoms with van der Waals surface area (Å²) in [5.41, 5.74) is 0. The smallest absolute Gasteiger partial charge is 0.274 e. The van der Waals surface area contributed by atoms with Crippen molar-refractivity contribution in [2.75, 3.05) is 13.1 Å². The minimum Gasteiger partial charge on any atom is -0.366 e. The van der Waals surface area contributed by atoms with Gasteiger partial charge in [-0.05, 0) is 15.9 Å². The fourth-order valence-electron chi connectivity index (χ4n) is 1.13. The molecule has 18 heavy (non-hydrogen) atoms. The number of aromatic nitrogens is 1. The van der Waals surface area contributed by atoms with Crippen LogP contribution in [-0.2, 0) is 11.2 Å². The molecule has 0 aromatic carbocycles. The van der Waals surface area contributed by atoms with Gasteiger partial charge in [0.05, 0.1) is 11.5 Å². The molecule has 7 nitrogen and oxygen atoms in total. The van der Waals surface area contributed by atoms with Crippen LogP contribution in [0.15, 0.2) is 22.1 Å². The molecule has 1 aromatic heterocycles. The van der Waals surface area contributed by atoms with Crippen LogP contribution >= 0.6 is 27.3 Å². The number of aldehydes is 1. The summed E-state index contributed by atoms with van der Waals surface area (Å²) in [6, 6.07) is 0. The van der Waals surface area contributed by atoms with E-state index in [0.29, 0.717) is 19.3 Å². The highest BCUT2D eigenvalue weighted by Gasteiger charge is 2.03. The van der Waals surface area contributed by atoms with E-state index in [1.54, 1.807) is 6.20 Å². The molecule has 0 amide bonds. The van der Waals surface area contributed by atoms with Crippen molar-refractivity contribution in [1.29, 1.82) is 0 Å². The highest BCUT2D eigenvalue weighted by Crippen LogP contribution is 2.18. The number of carbonyl (C=O) groups is 1. The van der Waals surface area contributed by atoms with E-state index >= 15 is 0 Å². The number of carbonyl (C=O) groups excluding carboxylic acids is 1. The fraction of sp³-hybridized carbons (Fsp3) is 0.333. The van der Waals surface area contributed by atoms with Crippen molar-refractivity contribution in [1.82, 2.24) is 15.6 Å². The first kappa shape index (κ1) is 14.6. The topological polar surface area (TPSA) is 97.2 Å². The van der Waals surface area contributed by atoms with Crippen LogP contribution in [0, 0.1) is 10.1 Å². The molecule has 0 atom stereocenters. The Balaban J connectivity index is 2.41. The molecule has 0 saturated carbocycles. The molecule has 0 radical (unpaired) electrons. The number of hydrogen-bond acceptors (Lipinski definition) is 7. The SMILES string of the molecule is O=CCN/C(=C\[N+](=O)[O-])NCCc1cnc(Br)s1. The van der Waals surface area contributed by atoms with Gasteiger partial charge in [-0.2, -0.15) is 0 Å². The molecule has 0 aliphatic heterocycles. The molecule has 0 aliphatic carbocycles. The standard InChI is InChI=1S/C9H11BrN4O3S/c10-9-13-5-7(18-9)1-2-11-8(6-14(16)17)12-3-4-15/h4-6,11-12H,1-3H2/b8-6-. The largest absolute Gasteiger partial charge is 0.366 e. The van der Waals surface area contributed by atoms with E-state index < -0.39 is 4.92 Å². The number of halogens is 1. The van der Waals surface area contributed by atoms with Gasteiger partial charge in [0.2, 0.25) is 0 Å². The quantitative estimate of drug-likeness (QED) is 0.416. The van der Waals surface area contributed by atoms with E-state index in [0.717, 1.165) is 15.0 Å². The second kappa shape index (κ2) is 7.77. The molecule has 1 rings (SSSR count). The van der Waals surface area contributed by atoms with Crippen LogP contribution in [0.25, 0.3) is 0 Å². The molecular weight excluding hydrogens is 324 g/mol. The molecule has 0 bridgehead atoms. The van der Waals surface area contributed by atoms with Gasteiger partial charge < -0.3 is 15.4 Å². The molecule has 9 heteroatoms. The summed E-state index contributed by atoms with van der Waals surface area (Å²) in [4.78, 5) is 25.1. The maximum atomic E-state index is 10.4. The van der Waals surface area contributed by atoms with Gasteiger partial charge in [-0.25, -0.2) is 4.98 Å². The molecule has 0 fully saturated rings. The number of rotatable bonds is 8. The Morgan fingerprint density at radius 2 is 2.39 bits per heavy atom. The predicted molar refractivity (Wildman–Crippen MR) is 70.7 cm³/mol. The van der Waals surface area contributed by atoms with Crippen molar-refractivity contribution >= 4 is 33.6 Å². The summed E-state index contributed by atoms with van der Waals surface area (Å²) in [6.45, 7) is 0.541. The summed E-state index contributed by atoms with van der Waals surface area (Å²) in [7, 11) is 0. The van der Waals surface area contributed by atoms with Gasteiger partial charge in [0, 0.05) is 24.0 Å². The van der Waals surface area contributed by atoms with Crippen LogP contribution in [0.3, 0.4) is 0 Å². The minimum absolute atomic E-state index is 0.0266. The van der Waals surface area contributed by atoms with Crippen molar-refractivity contribution in [3.63, 3.8) is 0 Å². The maximum Gasteiger partial charge on any atom is 0.274 e. The lowest BCUT2D eigenvalue weighted by Crippen LogP contribution is -2.29. The maximum absolute atomic E-state index is 10.4. The van der Waals surface area contributed by atoms with Crippen molar-refractivity contribution < 1.29 is 9.72 Å². The number of hydrogen-bond donors (Lipinski definition) is 2. The molecule has 2 N–H and O–H groups in total. The summed E-state index contributed by atoms with van der Waals surface area (Å²) >= 11 is 4.76. The van der Waals surface area contributed by atoms with E-state index in [9.17, 15) is 14.9 Å². The molecule has 0 unspecified atom stereocenters. The lowest BCUT2D eigenvalue weighted by molar-refractivity contribution is -0.404. The third-order valence-corrected chi connectivity index (χ3v) is 3.36. The van der Waals surface area contributed by atoms with Gasteiger partial charge in [-0.3, -0.25) is 10.1 Å². The van der Waals surface area contributed by atoms with Gasteiger partial charge >= 0.3 is 0 Å². The van der Waals surface area contributed by atoms with Crippen LogP contribution in [0.5, 0.6) is 0 Å². The molecule has 1 aromatic rings. The van der Waals surface area contributed by atoms with E-state index in [2.05, 4.69) is 31.5 Å². The Kier molecular flexibility index (Phi) is 6.29. The zero-order chi connectivity index (χ0) is 13.4. The highest BCUT2D eigenvalue weighted by atomic mass is 79.9. The van der Waals surface area contributed by atoms with Crippen LogP contribution in [0.4, 0.5) is 0 Å². The molecular formula is C9H11BrN4O3S. The van der Waals surface area contributed by atoms with Crippen LogP contribution in [0.2, 0.25) is 0 Å². The Labute approximate surface area is 116 Å².